The molecule has 144 valence electrons. The van der Waals surface area contributed by atoms with Crippen LogP contribution in [0.2, 0.25) is 0 Å². The van der Waals surface area contributed by atoms with E-state index in [-0.39, 0.29) is 10.8 Å². The second-order valence-corrected chi connectivity index (χ2v) is 9.09. The fraction of sp³-hybridized carbons (Fsp3) is 0.200. The molecule has 1 N–H and O–H groups in total. The Labute approximate surface area is 167 Å². The molecule has 0 atom stereocenters. The molecule has 2 heterocycles. The Balaban J connectivity index is 1.48. The number of hydrogen-bond acceptors (Lipinski definition) is 5. The van der Waals surface area contributed by atoms with Crippen LogP contribution in [-0.2, 0) is 27.7 Å². The Kier molecular flexibility index (Phi) is 5.15. The summed E-state index contributed by atoms with van der Waals surface area (Å²) in [5.41, 5.74) is 2.80. The number of nitrogens with zero attached hydrogens (tertiary/aromatic N) is 2. The third kappa shape index (κ3) is 3.93. The Hall–Kier alpha value is -2.71. The second-order valence-electron chi connectivity index (χ2n) is 6.51. The van der Waals surface area contributed by atoms with Gasteiger partial charge in [-0.25, -0.2) is 13.4 Å². The van der Waals surface area contributed by atoms with Gasteiger partial charge in [-0.2, -0.15) is 0 Å². The van der Waals surface area contributed by atoms with Crippen molar-refractivity contribution in [3.63, 3.8) is 0 Å². The lowest BCUT2D eigenvalue weighted by atomic mass is 10.1. The number of fused-ring (bicyclic) bond motifs is 1. The molecule has 0 unspecified atom stereocenters. The van der Waals surface area contributed by atoms with Gasteiger partial charge in [0.15, 0.2) is 5.13 Å². The summed E-state index contributed by atoms with van der Waals surface area (Å²) in [6, 6.07) is 14.8. The van der Waals surface area contributed by atoms with E-state index in [0.29, 0.717) is 30.9 Å². The number of anilines is 2. The van der Waals surface area contributed by atoms with E-state index in [1.54, 1.807) is 28.6 Å². The highest BCUT2D eigenvalue weighted by molar-refractivity contribution is 7.93. The topological polar surface area (TPSA) is 79.4 Å². The summed E-state index contributed by atoms with van der Waals surface area (Å²) >= 11 is 1.22. The van der Waals surface area contributed by atoms with Crippen LogP contribution in [0.3, 0.4) is 0 Å². The molecule has 1 aliphatic rings. The number of aromatic nitrogens is 1. The zero-order chi connectivity index (χ0) is 19.6. The van der Waals surface area contributed by atoms with Crippen LogP contribution < -0.4 is 9.62 Å². The van der Waals surface area contributed by atoms with Gasteiger partial charge in [0.2, 0.25) is 5.91 Å². The van der Waals surface area contributed by atoms with E-state index in [4.69, 9.17) is 0 Å². The molecule has 0 saturated carbocycles. The van der Waals surface area contributed by atoms with Crippen molar-refractivity contribution in [2.75, 3.05) is 16.2 Å². The van der Waals surface area contributed by atoms with Crippen LogP contribution in [0.5, 0.6) is 0 Å². The van der Waals surface area contributed by atoms with E-state index < -0.39 is 10.0 Å². The molecule has 1 aliphatic heterocycles. The molecule has 2 aromatic carbocycles. The first-order valence-corrected chi connectivity index (χ1v) is 11.3. The highest BCUT2D eigenvalue weighted by Crippen LogP contribution is 2.31. The smallest absolute Gasteiger partial charge is 0.263 e. The Morgan fingerprint density at radius 1 is 1.18 bits per heavy atom. The Morgan fingerprint density at radius 2 is 2.00 bits per heavy atom. The zero-order valence-corrected chi connectivity index (χ0v) is 16.7. The van der Waals surface area contributed by atoms with Gasteiger partial charge in [-0.1, -0.05) is 30.3 Å². The van der Waals surface area contributed by atoms with Gasteiger partial charge in [0.1, 0.15) is 0 Å². The van der Waals surface area contributed by atoms with Crippen molar-refractivity contribution >= 4 is 38.1 Å². The molecule has 1 amide bonds. The molecule has 8 heteroatoms. The van der Waals surface area contributed by atoms with E-state index in [0.717, 1.165) is 16.8 Å². The average Bonchev–Trinajstić information content (AvgIpc) is 3.35. The summed E-state index contributed by atoms with van der Waals surface area (Å²) in [4.78, 5) is 18.6. The average molecular weight is 414 g/mol. The molecule has 0 aliphatic carbocycles. The maximum absolute atomic E-state index is 12.7. The maximum atomic E-state index is 12.7. The quantitative estimate of drug-likeness (QED) is 0.671. The Morgan fingerprint density at radius 3 is 2.75 bits per heavy atom. The van der Waals surface area contributed by atoms with E-state index in [1.807, 2.05) is 30.3 Å². The number of carbonyl (C=O) groups excluding carboxylic acids is 1. The van der Waals surface area contributed by atoms with E-state index in [2.05, 4.69) is 9.71 Å². The van der Waals surface area contributed by atoms with Crippen molar-refractivity contribution in [3.8, 4) is 0 Å². The normalized spacial score (nSPS) is 13.4. The van der Waals surface area contributed by atoms with Crippen molar-refractivity contribution in [1.82, 2.24) is 4.98 Å². The van der Waals surface area contributed by atoms with E-state index in [1.165, 1.54) is 17.4 Å². The molecule has 0 radical (unpaired) electrons. The molecular formula is C20H19N3O3S2. The van der Waals surface area contributed by atoms with Gasteiger partial charge in [0.05, 0.1) is 4.90 Å². The fourth-order valence-corrected chi connectivity index (χ4v) is 5.12. The van der Waals surface area contributed by atoms with Crippen molar-refractivity contribution in [1.29, 1.82) is 0 Å². The van der Waals surface area contributed by atoms with E-state index >= 15 is 0 Å². The molecule has 0 spiro atoms. The van der Waals surface area contributed by atoms with Crippen molar-refractivity contribution < 1.29 is 13.2 Å². The van der Waals surface area contributed by atoms with Crippen LogP contribution in [0.4, 0.5) is 10.8 Å². The first kappa shape index (κ1) is 18.6. The molecule has 28 heavy (non-hydrogen) atoms. The van der Waals surface area contributed by atoms with Crippen molar-refractivity contribution in [2.24, 2.45) is 0 Å². The highest BCUT2D eigenvalue weighted by Gasteiger charge is 2.26. The predicted octanol–water partition coefficient (Wildman–Crippen LogP) is 3.47. The van der Waals surface area contributed by atoms with Gasteiger partial charge < -0.3 is 4.90 Å². The van der Waals surface area contributed by atoms with Gasteiger partial charge in [0, 0.05) is 30.2 Å². The van der Waals surface area contributed by atoms with Gasteiger partial charge in [-0.15, -0.1) is 11.3 Å². The number of aryl methyl sites for hydroxylation is 1. The zero-order valence-electron chi connectivity index (χ0n) is 15.0. The summed E-state index contributed by atoms with van der Waals surface area (Å²) in [7, 11) is -3.69. The lowest BCUT2D eigenvalue weighted by molar-refractivity contribution is -0.118. The SMILES string of the molecule is O=C(CCc1ccccc1)N1CCc2cc(S(=O)(=O)Nc3nccs3)ccc21. The van der Waals surface area contributed by atoms with Gasteiger partial charge in [0.25, 0.3) is 10.0 Å². The summed E-state index contributed by atoms with van der Waals surface area (Å²) in [6.45, 7) is 0.576. The highest BCUT2D eigenvalue weighted by atomic mass is 32.2. The number of hydrogen-bond donors (Lipinski definition) is 1. The standard InChI is InChI=1S/C20H19N3O3S2/c24-19(9-6-15-4-2-1-3-5-15)23-12-10-16-14-17(7-8-18(16)23)28(25,26)22-20-21-11-13-27-20/h1-5,7-8,11,13-14H,6,9-10,12H2,(H,21,22). The molecule has 1 aromatic heterocycles. The van der Waals surface area contributed by atoms with Crippen LogP contribution in [0.25, 0.3) is 0 Å². The number of benzene rings is 2. The molecule has 6 nitrogen and oxygen atoms in total. The number of rotatable bonds is 6. The largest absolute Gasteiger partial charge is 0.312 e. The molecular weight excluding hydrogens is 394 g/mol. The minimum Gasteiger partial charge on any atom is -0.312 e. The number of amides is 1. The van der Waals surface area contributed by atoms with Gasteiger partial charge >= 0.3 is 0 Å². The van der Waals surface area contributed by atoms with Crippen LogP contribution in [-0.4, -0.2) is 25.9 Å². The number of carbonyl (C=O) groups is 1. The maximum Gasteiger partial charge on any atom is 0.263 e. The first-order chi connectivity index (χ1) is 13.5. The number of sulfonamides is 1. The van der Waals surface area contributed by atoms with Crippen molar-refractivity contribution in [2.45, 2.75) is 24.2 Å². The molecule has 0 bridgehead atoms. The monoisotopic (exact) mass is 413 g/mol. The first-order valence-electron chi connectivity index (χ1n) is 8.92. The predicted molar refractivity (Wildman–Crippen MR) is 110 cm³/mol. The van der Waals surface area contributed by atoms with E-state index in [9.17, 15) is 13.2 Å². The lowest BCUT2D eigenvalue weighted by Gasteiger charge is -2.17. The summed E-state index contributed by atoms with van der Waals surface area (Å²) < 4.78 is 27.6. The minimum atomic E-state index is -3.69. The number of nitrogens with one attached hydrogen (secondary N) is 1. The van der Waals surface area contributed by atoms with Crippen LogP contribution in [0.15, 0.2) is 65.0 Å². The van der Waals surface area contributed by atoms with Crippen LogP contribution >= 0.6 is 11.3 Å². The Bertz CT molecular complexity index is 1080. The van der Waals surface area contributed by atoms with Gasteiger partial charge in [-0.3, -0.25) is 9.52 Å². The third-order valence-corrected chi connectivity index (χ3v) is 6.84. The minimum absolute atomic E-state index is 0.0547. The molecule has 0 saturated heterocycles. The van der Waals surface area contributed by atoms with Crippen molar-refractivity contribution in [3.05, 3.63) is 71.2 Å². The fourth-order valence-electron chi connectivity index (χ4n) is 3.28. The lowest BCUT2D eigenvalue weighted by Crippen LogP contribution is -2.29. The molecule has 0 fully saturated rings. The third-order valence-electron chi connectivity index (χ3n) is 4.68. The van der Waals surface area contributed by atoms with Crippen LogP contribution in [0.1, 0.15) is 17.5 Å². The summed E-state index contributed by atoms with van der Waals surface area (Å²) in [6.07, 6.45) is 3.31. The van der Waals surface area contributed by atoms with Crippen LogP contribution in [0, 0.1) is 0 Å². The molecule has 3 aromatic rings. The second kappa shape index (κ2) is 7.73. The summed E-state index contributed by atoms with van der Waals surface area (Å²) in [5.74, 6) is 0.0547. The number of thiazole rings is 1. The van der Waals surface area contributed by atoms with Gasteiger partial charge in [-0.05, 0) is 42.2 Å². The molecule has 4 rings (SSSR count). The summed E-state index contributed by atoms with van der Waals surface area (Å²) in [5, 5.41) is 2.04.